The van der Waals surface area contributed by atoms with Gasteiger partial charge in [-0.05, 0) is 57.8 Å². The van der Waals surface area contributed by atoms with E-state index in [0.29, 0.717) is 17.1 Å². The van der Waals surface area contributed by atoms with Gasteiger partial charge in [0.25, 0.3) is 5.89 Å². The maximum atomic E-state index is 12.4. The zero-order chi connectivity index (χ0) is 24.5. The van der Waals surface area contributed by atoms with Crippen LogP contribution in [0.25, 0.3) is 34.3 Å². The quantitative estimate of drug-likeness (QED) is 0.423. The summed E-state index contributed by atoms with van der Waals surface area (Å²) >= 11 is 0. The third-order valence-corrected chi connectivity index (χ3v) is 7.40. The van der Waals surface area contributed by atoms with Gasteiger partial charge in [-0.1, -0.05) is 24.3 Å². The smallest absolute Gasteiger partial charge is 0.270 e. The summed E-state index contributed by atoms with van der Waals surface area (Å²) in [7, 11) is 0.669. The van der Waals surface area contributed by atoms with Crippen molar-refractivity contribution in [1.82, 2.24) is 25.1 Å². The summed E-state index contributed by atoms with van der Waals surface area (Å²) < 4.78 is 30.6. The fourth-order valence-corrected chi connectivity index (χ4v) is 4.40. The van der Waals surface area contributed by atoms with Gasteiger partial charge < -0.3 is 15.1 Å². The minimum atomic E-state index is -3.36. The van der Waals surface area contributed by atoms with Gasteiger partial charge in [0.15, 0.2) is 21.3 Å². The molecule has 0 saturated heterocycles. The van der Waals surface area contributed by atoms with Gasteiger partial charge in [0.05, 0.1) is 22.0 Å². The topological polar surface area (TPSA) is 128 Å². The second-order valence-electron chi connectivity index (χ2n) is 8.45. The fraction of sp³-hybridized carbons (Fsp3) is 0.250. The first-order valence-corrected chi connectivity index (χ1v) is 12.2. The summed E-state index contributed by atoms with van der Waals surface area (Å²) in [6, 6.07) is 14.4. The molecular formula is C24H26N6O3S. The Morgan fingerprint density at radius 2 is 1.56 bits per heavy atom. The van der Waals surface area contributed by atoms with Crippen LogP contribution in [0, 0.1) is 0 Å². The van der Waals surface area contributed by atoms with E-state index in [1.807, 2.05) is 38.4 Å². The van der Waals surface area contributed by atoms with Crippen molar-refractivity contribution in [3.8, 4) is 34.3 Å². The van der Waals surface area contributed by atoms with Crippen LogP contribution in [0.15, 0.2) is 64.0 Å². The van der Waals surface area contributed by atoms with Crippen molar-refractivity contribution >= 4 is 15.7 Å². The highest BCUT2D eigenvalue weighted by Gasteiger charge is 2.20. The number of benzene rings is 2. The van der Waals surface area contributed by atoms with Crippen LogP contribution in [0.4, 0.5) is 5.82 Å². The predicted molar refractivity (Wildman–Crippen MR) is 130 cm³/mol. The second kappa shape index (κ2) is 9.32. The third-order valence-electron chi connectivity index (χ3n) is 5.23. The molecular weight excluding hydrogens is 452 g/mol. The third kappa shape index (κ3) is 4.82. The molecule has 0 saturated carbocycles. The first-order valence-electron chi connectivity index (χ1n) is 10.7. The van der Waals surface area contributed by atoms with Gasteiger partial charge in [-0.15, -0.1) is 10.2 Å². The minimum Gasteiger partial charge on any atom is -0.414 e. The van der Waals surface area contributed by atoms with Gasteiger partial charge in [0, 0.05) is 17.7 Å². The molecule has 4 rings (SSSR count). The van der Waals surface area contributed by atoms with Crippen molar-refractivity contribution < 1.29 is 12.8 Å². The van der Waals surface area contributed by atoms with E-state index in [1.165, 1.54) is 11.8 Å². The van der Waals surface area contributed by atoms with Gasteiger partial charge in [0.1, 0.15) is 0 Å². The molecule has 2 N–H and O–H groups in total. The van der Waals surface area contributed by atoms with Crippen LogP contribution in [0.5, 0.6) is 0 Å². The standard InChI is InChI=1S/C24H26N6O3S/c1-15(2)34(31,32)19-11-9-17(10-12-19)20-13-26-22(25)21(27-20)24-29-28-23(33-24)18-7-5-16(6-8-18)14-30(3)4/h5-13,15H,14H2,1-4H3,(H2,25,26). The van der Waals surface area contributed by atoms with E-state index in [-0.39, 0.29) is 22.3 Å². The molecule has 2 aromatic carbocycles. The van der Waals surface area contributed by atoms with E-state index in [4.69, 9.17) is 10.2 Å². The first-order chi connectivity index (χ1) is 16.1. The normalized spacial score (nSPS) is 11.9. The Morgan fingerprint density at radius 1 is 0.941 bits per heavy atom. The molecule has 0 fully saturated rings. The average Bonchev–Trinajstić information content (AvgIpc) is 3.29. The van der Waals surface area contributed by atoms with Crippen molar-refractivity contribution in [3.05, 3.63) is 60.3 Å². The van der Waals surface area contributed by atoms with Crippen LogP contribution >= 0.6 is 0 Å². The number of hydrogen-bond donors (Lipinski definition) is 1. The molecule has 2 heterocycles. The monoisotopic (exact) mass is 478 g/mol. The fourth-order valence-electron chi connectivity index (χ4n) is 3.34. The lowest BCUT2D eigenvalue weighted by atomic mass is 10.1. The van der Waals surface area contributed by atoms with Crippen LogP contribution < -0.4 is 5.73 Å². The largest absolute Gasteiger partial charge is 0.414 e. The molecule has 34 heavy (non-hydrogen) atoms. The highest BCUT2D eigenvalue weighted by atomic mass is 32.2. The van der Waals surface area contributed by atoms with Crippen LogP contribution in [-0.2, 0) is 16.4 Å². The summed E-state index contributed by atoms with van der Waals surface area (Å²) in [5, 5.41) is 7.74. The summed E-state index contributed by atoms with van der Waals surface area (Å²) in [6.07, 6.45) is 1.52. The van der Waals surface area contributed by atoms with Gasteiger partial charge in [-0.3, -0.25) is 0 Å². The number of nitrogens with zero attached hydrogens (tertiary/aromatic N) is 5. The van der Waals surface area contributed by atoms with Gasteiger partial charge in [0.2, 0.25) is 5.89 Å². The van der Waals surface area contributed by atoms with E-state index in [0.717, 1.165) is 12.1 Å². The average molecular weight is 479 g/mol. The molecule has 9 nitrogen and oxygen atoms in total. The Hall–Kier alpha value is -3.63. The number of nitrogens with two attached hydrogens (primary N) is 1. The number of sulfone groups is 1. The molecule has 176 valence electrons. The Balaban J connectivity index is 1.62. The molecule has 0 amide bonds. The van der Waals surface area contributed by atoms with Crippen LogP contribution in [-0.4, -0.2) is 52.8 Å². The molecule has 4 aromatic rings. The van der Waals surface area contributed by atoms with E-state index < -0.39 is 15.1 Å². The number of anilines is 1. The summed E-state index contributed by atoms with van der Waals surface area (Å²) in [5.41, 5.74) is 9.45. The van der Waals surface area contributed by atoms with Crippen molar-refractivity contribution in [2.24, 2.45) is 0 Å². The number of rotatable bonds is 7. The molecule has 0 atom stereocenters. The maximum absolute atomic E-state index is 12.4. The zero-order valence-electron chi connectivity index (χ0n) is 19.4. The van der Waals surface area contributed by atoms with E-state index in [1.54, 1.807) is 38.1 Å². The van der Waals surface area contributed by atoms with E-state index in [2.05, 4.69) is 25.1 Å². The number of nitrogen functional groups attached to an aromatic ring is 1. The highest BCUT2D eigenvalue weighted by molar-refractivity contribution is 7.92. The Kier molecular flexibility index (Phi) is 6.45. The van der Waals surface area contributed by atoms with Crippen molar-refractivity contribution in [1.29, 1.82) is 0 Å². The maximum Gasteiger partial charge on any atom is 0.270 e. The molecule has 0 spiro atoms. The van der Waals surface area contributed by atoms with Gasteiger partial charge in [-0.25, -0.2) is 18.4 Å². The van der Waals surface area contributed by atoms with Gasteiger partial charge in [-0.2, -0.15) is 0 Å². The summed E-state index contributed by atoms with van der Waals surface area (Å²) in [6.45, 7) is 4.13. The lowest BCUT2D eigenvalue weighted by Gasteiger charge is -2.09. The lowest BCUT2D eigenvalue weighted by Crippen LogP contribution is -2.13. The molecule has 0 aliphatic rings. The Morgan fingerprint density at radius 3 is 2.18 bits per heavy atom. The summed E-state index contributed by atoms with van der Waals surface area (Å²) in [5.74, 6) is 0.652. The molecule has 0 radical (unpaired) electrons. The van der Waals surface area contributed by atoms with Crippen molar-refractivity contribution in [2.45, 2.75) is 30.5 Å². The molecule has 10 heteroatoms. The number of aromatic nitrogens is 4. The molecule has 0 bridgehead atoms. The van der Waals surface area contributed by atoms with E-state index in [9.17, 15) is 8.42 Å². The zero-order valence-corrected chi connectivity index (χ0v) is 20.2. The van der Waals surface area contributed by atoms with Crippen molar-refractivity contribution in [3.63, 3.8) is 0 Å². The molecule has 0 unspecified atom stereocenters. The second-order valence-corrected chi connectivity index (χ2v) is 11.0. The first kappa shape index (κ1) is 23.5. The SMILES string of the molecule is CC(C)S(=O)(=O)c1ccc(-c2cnc(N)c(-c3nnc(-c4ccc(CN(C)C)cc4)o3)n2)cc1. The van der Waals surface area contributed by atoms with Crippen molar-refractivity contribution in [2.75, 3.05) is 19.8 Å². The number of hydrogen-bond acceptors (Lipinski definition) is 9. The minimum absolute atomic E-state index is 0.151. The van der Waals surface area contributed by atoms with Crippen LogP contribution in [0.3, 0.4) is 0 Å². The molecule has 0 aliphatic carbocycles. The summed E-state index contributed by atoms with van der Waals surface area (Å²) in [4.78, 5) is 11.1. The van der Waals surface area contributed by atoms with Crippen LogP contribution in [0.2, 0.25) is 0 Å². The van der Waals surface area contributed by atoms with Crippen LogP contribution in [0.1, 0.15) is 19.4 Å². The van der Waals surface area contributed by atoms with E-state index >= 15 is 0 Å². The predicted octanol–water partition coefficient (Wildman–Crippen LogP) is 3.69. The highest BCUT2D eigenvalue weighted by Crippen LogP contribution is 2.29. The lowest BCUT2D eigenvalue weighted by molar-refractivity contribution is 0.402. The van der Waals surface area contributed by atoms with Gasteiger partial charge >= 0.3 is 0 Å². The molecule has 2 aromatic heterocycles. The Labute approximate surface area is 198 Å². The Bertz CT molecular complexity index is 1400. The molecule has 0 aliphatic heterocycles.